The van der Waals surface area contributed by atoms with E-state index in [0.717, 1.165) is 22.5 Å². The van der Waals surface area contributed by atoms with Crippen molar-refractivity contribution in [3.05, 3.63) is 70.4 Å². The molecule has 2 bridgehead atoms. The molecule has 0 spiro atoms. The fourth-order valence-electron chi connectivity index (χ4n) is 4.46. The van der Waals surface area contributed by atoms with Crippen LogP contribution in [0.15, 0.2) is 48.5 Å². The molecule has 2 atom stereocenters. The minimum Gasteiger partial charge on any atom is -0.380 e. The summed E-state index contributed by atoms with van der Waals surface area (Å²) in [5.74, 6) is 1.32. The van der Waals surface area contributed by atoms with E-state index < -0.39 is 0 Å². The monoisotopic (exact) mass is 334 g/mol. The molecule has 2 nitrogen and oxygen atoms in total. The Balaban J connectivity index is 1.65. The lowest BCUT2D eigenvalue weighted by Gasteiger charge is -2.21. The van der Waals surface area contributed by atoms with E-state index in [-0.39, 0.29) is 0 Å². The molecule has 0 radical (unpaired) electrons. The second-order valence-corrected chi connectivity index (χ2v) is 7.43. The van der Waals surface area contributed by atoms with Crippen LogP contribution < -0.4 is 5.32 Å². The predicted octanol–water partition coefficient (Wildman–Crippen LogP) is 5.87. The molecule has 1 fully saturated rings. The number of nitrogens with zero attached hydrogens (tertiary/aromatic N) is 1. The number of hydrogen-bond donors (Lipinski definition) is 1. The largest absolute Gasteiger partial charge is 0.380 e. The van der Waals surface area contributed by atoms with Crippen molar-refractivity contribution in [3.63, 3.8) is 0 Å². The summed E-state index contributed by atoms with van der Waals surface area (Å²) in [5.41, 5.74) is 6.39. The van der Waals surface area contributed by atoms with Crippen molar-refractivity contribution in [3.8, 4) is 0 Å². The summed E-state index contributed by atoms with van der Waals surface area (Å²) in [6.07, 6.45) is 3.86. The van der Waals surface area contributed by atoms with Gasteiger partial charge in [0.15, 0.2) is 0 Å². The van der Waals surface area contributed by atoms with Gasteiger partial charge in [0.2, 0.25) is 0 Å². The van der Waals surface area contributed by atoms with Crippen molar-refractivity contribution >= 4 is 28.2 Å². The van der Waals surface area contributed by atoms with E-state index in [1.807, 2.05) is 6.07 Å². The number of nitrogens with one attached hydrogen (secondary N) is 1. The summed E-state index contributed by atoms with van der Waals surface area (Å²) >= 11 is 6.28. The number of aromatic nitrogens is 1. The highest BCUT2D eigenvalue weighted by Gasteiger charge is 2.40. The lowest BCUT2D eigenvalue weighted by molar-refractivity contribution is 0.701. The molecular weight excluding hydrogens is 316 g/mol. The molecule has 3 heteroatoms. The smallest absolute Gasteiger partial charge is 0.0727 e. The maximum Gasteiger partial charge on any atom is 0.0727 e. The van der Waals surface area contributed by atoms with Crippen molar-refractivity contribution in [1.82, 2.24) is 4.98 Å². The van der Waals surface area contributed by atoms with Gasteiger partial charge in [-0.1, -0.05) is 41.9 Å². The highest BCUT2D eigenvalue weighted by molar-refractivity contribution is 6.31. The average molecular weight is 335 g/mol. The maximum absolute atomic E-state index is 6.28. The zero-order valence-corrected chi connectivity index (χ0v) is 14.2. The molecule has 1 N–H and O–H groups in total. The van der Waals surface area contributed by atoms with E-state index in [1.165, 1.54) is 41.8 Å². The lowest BCUT2D eigenvalue weighted by Crippen LogP contribution is -2.09. The standard InChI is InChI=1S/C21H19ClN2/c22-16-8-9-18-17(11-16)21(23-12-13-4-2-1-3-5-13)19-14-6-7-15(10-14)20(19)24-18/h1-5,8-9,11,14-15H,6-7,10,12H2,(H,23,24). The Bertz CT molecular complexity index is 920. The second-order valence-electron chi connectivity index (χ2n) is 6.99. The third-order valence-corrected chi connectivity index (χ3v) is 5.79. The summed E-state index contributed by atoms with van der Waals surface area (Å²) in [6.45, 7) is 0.830. The SMILES string of the molecule is Clc1ccc2nc3c(c(NCc4ccccc4)c2c1)C1CCC3C1. The highest BCUT2D eigenvalue weighted by Crippen LogP contribution is 2.55. The fraction of sp³-hybridized carbons (Fsp3) is 0.286. The van der Waals surface area contributed by atoms with Gasteiger partial charge in [-0.05, 0) is 48.9 Å². The van der Waals surface area contributed by atoms with Gasteiger partial charge >= 0.3 is 0 Å². The quantitative estimate of drug-likeness (QED) is 0.648. The number of anilines is 1. The molecule has 2 unspecified atom stereocenters. The first kappa shape index (κ1) is 14.3. The topological polar surface area (TPSA) is 24.9 Å². The van der Waals surface area contributed by atoms with E-state index >= 15 is 0 Å². The van der Waals surface area contributed by atoms with Gasteiger partial charge < -0.3 is 5.32 Å². The first-order valence-electron chi connectivity index (χ1n) is 8.70. The zero-order chi connectivity index (χ0) is 16.1. The van der Waals surface area contributed by atoms with E-state index in [0.29, 0.717) is 11.8 Å². The maximum atomic E-state index is 6.28. The Morgan fingerprint density at radius 3 is 2.75 bits per heavy atom. The van der Waals surface area contributed by atoms with E-state index in [9.17, 15) is 0 Å². The van der Waals surface area contributed by atoms with Crippen LogP contribution >= 0.6 is 11.6 Å². The molecule has 0 saturated heterocycles. The summed E-state index contributed by atoms with van der Waals surface area (Å²) in [4.78, 5) is 5.00. The third-order valence-electron chi connectivity index (χ3n) is 5.55. The molecule has 1 heterocycles. The van der Waals surface area contributed by atoms with Gasteiger partial charge in [-0.15, -0.1) is 0 Å². The van der Waals surface area contributed by atoms with Gasteiger partial charge in [-0.25, -0.2) is 0 Å². The number of rotatable bonds is 3. The molecule has 1 aromatic heterocycles. The first-order chi connectivity index (χ1) is 11.8. The van der Waals surface area contributed by atoms with E-state index in [1.54, 1.807) is 0 Å². The normalized spacial score (nSPS) is 21.2. The molecule has 0 aliphatic heterocycles. The predicted molar refractivity (Wildman–Crippen MR) is 99.9 cm³/mol. The van der Waals surface area contributed by atoms with Crippen LogP contribution in [0, 0.1) is 0 Å². The zero-order valence-electron chi connectivity index (χ0n) is 13.4. The number of fused-ring (bicyclic) bond motifs is 6. The van der Waals surface area contributed by atoms with Crippen LogP contribution in [-0.4, -0.2) is 4.98 Å². The number of hydrogen-bond acceptors (Lipinski definition) is 2. The Kier molecular flexibility index (Phi) is 3.27. The van der Waals surface area contributed by atoms with Crippen LogP contribution in [0.25, 0.3) is 10.9 Å². The van der Waals surface area contributed by atoms with Crippen molar-refractivity contribution < 1.29 is 0 Å². The lowest BCUT2D eigenvalue weighted by atomic mass is 9.92. The molecule has 3 aromatic rings. The molecule has 2 aliphatic rings. The van der Waals surface area contributed by atoms with E-state index in [4.69, 9.17) is 16.6 Å². The fourth-order valence-corrected chi connectivity index (χ4v) is 4.63. The van der Waals surface area contributed by atoms with Crippen LogP contribution in [0.1, 0.15) is 47.9 Å². The van der Waals surface area contributed by atoms with Crippen molar-refractivity contribution in [2.24, 2.45) is 0 Å². The summed E-state index contributed by atoms with van der Waals surface area (Å²) in [7, 11) is 0. The van der Waals surface area contributed by atoms with Crippen molar-refractivity contribution in [2.45, 2.75) is 37.6 Å². The van der Waals surface area contributed by atoms with Crippen LogP contribution in [-0.2, 0) is 6.54 Å². The first-order valence-corrected chi connectivity index (χ1v) is 9.08. The highest BCUT2D eigenvalue weighted by atomic mass is 35.5. The molecule has 24 heavy (non-hydrogen) atoms. The van der Waals surface area contributed by atoms with Crippen LogP contribution in [0.3, 0.4) is 0 Å². The van der Waals surface area contributed by atoms with Gasteiger partial charge in [0.25, 0.3) is 0 Å². The van der Waals surface area contributed by atoms with Crippen LogP contribution in [0.2, 0.25) is 5.02 Å². The minimum atomic E-state index is 0.655. The summed E-state index contributed by atoms with van der Waals surface area (Å²) in [6, 6.07) is 16.6. The van der Waals surface area contributed by atoms with Crippen LogP contribution in [0.5, 0.6) is 0 Å². The Morgan fingerprint density at radius 1 is 1.04 bits per heavy atom. The van der Waals surface area contributed by atoms with E-state index in [2.05, 4.69) is 47.8 Å². The Labute approximate surface area is 146 Å². The Morgan fingerprint density at radius 2 is 1.88 bits per heavy atom. The Hall–Kier alpha value is -2.06. The molecule has 0 amide bonds. The third kappa shape index (κ3) is 2.21. The minimum absolute atomic E-state index is 0.655. The summed E-state index contributed by atoms with van der Waals surface area (Å²) < 4.78 is 0. The molecule has 2 aliphatic carbocycles. The molecular formula is C21H19ClN2. The van der Waals surface area contributed by atoms with Gasteiger partial charge in [0, 0.05) is 39.8 Å². The second kappa shape index (κ2) is 5.49. The number of benzene rings is 2. The average Bonchev–Trinajstić information content (AvgIpc) is 3.22. The van der Waals surface area contributed by atoms with Crippen molar-refractivity contribution in [1.29, 1.82) is 0 Å². The molecule has 5 rings (SSSR count). The van der Waals surface area contributed by atoms with Gasteiger partial charge in [0.1, 0.15) is 0 Å². The number of pyridine rings is 1. The molecule has 120 valence electrons. The van der Waals surface area contributed by atoms with Gasteiger partial charge in [-0.3, -0.25) is 4.98 Å². The van der Waals surface area contributed by atoms with Crippen molar-refractivity contribution in [2.75, 3.05) is 5.32 Å². The van der Waals surface area contributed by atoms with Gasteiger partial charge in [0.05, 0.1) is 5.52 Å². The number of halogens is 1. The summed E-state index contributed by atoms with van der Waals surface area (Å²) in [5, 5.41) is 5.65. The van der Waals surface area contributed by atoms with Gasteiger partial charge in [-0.2, -0.15) is 0 Å². The molecule has 2 aromatic carbocycles. The van der Waals surface area contributed by atoms with Crippen LogP contribution in [0.4, 0.5) is 5.69 Å². The molecule has 1 saturated carbocycles.